The first kappa shape index (κ1) is 17.9. The van der Waals surface area contributed by atoms with Crippen LogP contribution in [0.5, 0.6) is 0 Å². The molecule has 0 spiro atoms. The average molecular weight is 322 g/mol. The van der Waals surface area contributed by atoms with E-state index in [0.717, 1.165) is 56.8 Å². The minimum Gasteiger partial charge on any atom is -0.465 e. The summed E-state index contributed by atoms with van der Waals surface area (Å²) in [5, 5.41) is 3.40. The summed E-state index contributed by atoms with van der Waals surface area (Å²) < 4.78 is 11.2. The number of carbonyl (C=O) groups excluding carboxylic acids is 1. The summed E-state index contributed by atoms with van der Waals surface area (Å²) in [4.78, 5) is 14.1. The molecule has 1 aromatic heterocycles. The minimum atomic E-state index is -0.432. The van der Waals surface area contributed by atoms with Gasteiger partial charge in [-0.05, 0) is 58.7 Å². The highest BCUT2D eigenvalue weighted by Gasteiger charge is 2.31. The molecule has 2 rings (SSSR count). The Morgan fingerprint density at radius 1 is 1.39 bits per heavy atom. The molecule has 0 bridgehead atoms. The van der Waals surface area contributed by atoms with Crippen molar-refractivity contribution in [3.05, 3.63) is 23.7 Å². The molecule has 1 N–H and O–H groups in total. The van der Waals surface area contributed by atoms with Gasteiger partial charge in [-0.3, -0.25) is 0 Å². The second kappa shape index (κ2) is 7.86. The highest BCUT2D eigenvalue weighted by atomic mass is 16.6. The van der Waals surface area contributed by atoms with E-state index in [9.17, 15) is 4.79 Å². The maximum atomic E-state index is 12.2. The summed E-state index contributed by atoms with van der Waals surface area (Å²) in [6, 6.07) is 4.33. The van der Waals surface area contributed by atoms with E-state index in [1.807, 2.05) is 37.8 Å². The van der Waals surface area contributed by atoms with E-state index in [1.54, 1.807) is 0 Å². The Bertz CT molecular complexity index is 505. The van der Waals surface area contributed by atoms with Crippen LogP contribution in [0.15, 0.2) is 16.5 Å². The summed E-state index contributed by atoms with van der Waals surface area (Å²) in [7, 11) is 0. The van der Waals surface area contributed by atoms with Gasteiger partial charge >= 0.3 is 6.09 Å². The molecule has 1 aliphatic rings. The lowest BCUT2D eigenvalue weighted by Gasteiger charge is -2.28. The van der Waals surface area contributed by atoms with Crippen molar-refractivity contribution in [3.63, 3.8) is 0 Å². The number of amides is 1. The molecule has 1 unspecified atom stereocenters. The smallest absolute Gasteiger partial charge is 0.410 e. The number of ether oxygens (including phenoxy) is 1. The van der Waals surface area contributed by atoms with Gasteiger partial charge in [0.1, 0.15) is 17.1 Å². The van der Waals surface area contributed by atoms with Crippen LogP contribution in [-0.2, 0) is 17.7 Å². The van der Waals surface area contributed by atoms with E-state index < -0.39 is 5.60 Å². The van der Waals surface area contributed by atoms with E-state index in [1.165, 1.54) is 0 Å². The molecule has 1 aromatic rings. The summed E-state index contributed by atoms with van der Waals surface area (Å²) in [6.45, 7) is 10.2. The number of nitrogens with one attached hydrogen (secondary N) is 1. The fourth-order valence-corrected chi connectivity index (χ4v) is 2.88. The zero-order valence-corrected chi connectivity index (χ0v) is 14.9. The molecule has 0 radical (unpaired) electrons. The number of likely N-dealkylation sites (tertiary alicyclic amines) is 1. The predicted molar refractivity (Wildman–Crippen MR) is 90.4 cm³/mol. The quantitative estimate of drug-likeness (QED) is 0.811. The molecule has 5 heteroatoms. The van der Waals surface area contributed by atoms with E-state index in [0.29, 0.717) is 0 Å². The zero-order valence-electron chi connectivity index (χ0n) is 14.9. The lowest BCUT2D eigenvalue weighted by Crippen LogP contribution is -2.40. The van der Waals surface area contributed by atoms with Gasteiger partial charge in [0.25, 0.3) is 0 Å². The van der Waals surface area contributed by atoms with Crippen molar-refractivity contribution in [1.82, 2.24) is 10.2 Å². The van der Waals surface area contributed by atoms with Crippen molar-refractivity contribution >= 4 is 6.09 Å². The molecule has 1 saturated heterocycles. The van der Waals surface area contributed by atoms with Gasteiger partial charge in [-0.15, -0.1) is 0 Å². The lowest BCUT2D eigenvalue weighted by atomic mass is 10.1. The average Bonchev–Trinajstić information content (AvgIpc) is 3.10. The van der Waals surface area contributed by atoms with Crippen molar-refractivity contribution in [2.45, 2.75) is 71.6 Å². The largest absolute Gasteiger partial charge is 0.465 e. The molecule has 1 atom stereocenters. The minimum absolute atomic E-state index is 0.182. The Labute approximate surface area is 139 Å². The SMILES string of the molecule is CCc1ccc(CNCCC2CCCN2C(=O)OC(C)(C)C)o1. The first-order chi connectivity index (χ1) is 10.9. The third-order valence-electron chi connectivity index (χ3n) is 4.02. The van der Waals surface area contributed by atoms with Crippen LogP contribution >= 0.6 is 0 Å². The number of nitrogens with zero attached hydrogens (tertiary/aromatic N) is 1. The number of aryl methyl sites for hydroxylation is 1. The van der Waals surface area contributed by atoms with Crippen LogP contribution in [0.3, 0.4) is 0 Å². The third kappa shape index (κ3) is 5.57. The van der Waals surface area contributed by atoms with Gasteiger partial charge < -0.3 is 19.4 Å². The van der Waals surface area contributed by atoms with Crippen molar-refractivity contribution in [3.8, 4) is 0 Å². The van der Waals surface area contributed by atoms with Gasteiger partial charge in [-0.25, -0.2) is 4.79 Å². The molecule has 2 heterocycles. The molecular weight excluding hydrogens is 292 g/mol. The summed E-state index contributed by atoms with van der Waals surface area (Å²) >= 11 is 0. The van der Waals surface area contributed by atoms with E-state index >= 15 is 0 Å². The first-order valence-corrected chi connectivity index (χ1v) is 8.67. The third-order valence-corrected chi connectivity index (χ3v) is 4.02. The second-order valence-electron chi connectivity index (χ2n) is 7.16. The topological polar surface area (TPSA) is 54.7 Å². The molecule has 23 heavy (non-hydrogen) atoms. The Balaban J connectivity index is 1.72. The molecule has 0 aliphatic carbocycles. The van der Waals surface area contributed by atoms with E-state index in [4.69, 9.17) is 9.15 Å². The Morgan fingerprint density at radius 3 is 2.78 bits per heavy atom. The molecule has 0 aromatic carbocycles. The van der Waals surface area contributed by atoms with Crippen LogP contribution in [0, 0.1) is 0 Å². The van der Waals surface area contributed by atoms with Crippen LogP contribution < -0.4 is 5.32 Å². The second-order valence-corrected chi connectivity index (χ2v) is 7.16. The van der Waals surface area contributed by atoms with Crippen LogP contribution in [0.1, 0.15) is 58.5 Å². The van der Waals surface area contributed by atoms with Gasteiger partial charge in [0.15, 0.2) is 0 Å². The monoisotopic (exact) mass is 322 g/mol. The molecular formula is C18H30N2O3. The number of furan rings is 1. The predicted octanol–water partition coefficient (Wildman–Crippen LogP) is 3.72. The Kier molecular flexibility index (Phi) is 6.10. The maximum Gasteiger partial charge on any atom is 0.410 e. The highest BCUT2D eigenvalue weighted by Crippen LogP contribution is 2.22. The van der Waals surface area contributed by atoms with Crippen LogP contribution in [0.25, 0.3) is 0 Å². The fourth-order valence-electron chi connectivity index (χ4n) is 2.88. The normalized spacial score (nSPS) is 18.4. The van der Waals surface area contributed by atoms with Gasteiger partial charge in [0.05, 0.1) is 6.54 Å². The van der Waals surface area contributed by atoms with Crippen molar-refractivity contribution < 1.29 is 13.9 Å². The molecule has 0 saturated carbocycles. The van der Waals surface area contributed by atoms with Crippen molar-refractivity contribution in [1.29, 1.82) is 0 Å². The molecule has 130 valence electrons. The van der Waals surface area contributed by atoms with E-state index in [2.05, 4.69) is 12.2 Å². The maximum absolute atomic E-state index is 12.2. The van der Waals surface area contributed by atoms with Crippen LogP contribution in [0.2, 0.25) is 0 Å². The Hall–Kier alpha value is -1.49. The van der Waals surface area contributed by atoms with Crippen LogP contribution in [-0.4, -0.2) is 35.7 Å². The summed E-state index contributed by atoms with van der Waals surface area (Å²) in [5.41, 5.74) is -0.432. The van der Waals surface area contributed by atoms with Crippen molar-refractivity contribution in [2.75, 3.05) is 13.1 Å². The standard InChI is InChI=1S/C18H30N2O3/c1-5-15-8-9-16(22-15)13-19-11-10-14-7-6-12-20(14)17(21)23-18(2,3)4/h8-9,14,19H,5-7,10-13H2,1-4H3. The fraction of sp³-hybridized carbons (Fsp3) is 0.722. The summed E-state index contributed by atoms with van der Waals surface area (Å²) in [5.74, 6) is 1.99. The van der Waals surface area contributed by atoms with Gasteiger partial charge in [0, 0.05) is 19.0 Å². The summed E-state index contributed by atoms with van der Waals surface area (Å²) in [6.07, 6.45) is 3.80. The molecule has 1 aliphatic heterocycles. The molecule has 5 nitrogen and oxygen atoms in total. The molecule has 1 fully saturated rings. The van der Waals surface area contributed by atoms with Crippen molar-refractivity contribution in [2.24, 2.45) is 0 Å². The first-order valence-electron chi connectivity index (χ1n) is 8.67. The zero-order chi connectivity index (χ0) is 16.9. The number of rotatable bonds is 6. The number of hydrogen-bond donors (Lipinski definition) is 1. The van der Waals surface area contributed by atoms with Gasteiger partial charge in [0.2, 0.25) is 0 Å². The Morgan fingerprint density at radius 2 is 2.13 bits per heavy atom. The number of hydrogen-bond acceptors (Lipinski definition) is 4. The van der Waals surface area contributed by atoms with Gasteiger partial charge in [-0.2, -0.15) is 0 Å². The molecule has 1 amide bonds. The number of carbonyl (C=O) groups is 1. The highest BCUT2D eigenvalue weighted by molar-refractivity contribution is 5.68. The lowest BCUT2D eigenvalue weighted by molar-refractivity contribution is 0.0220. The van der Waals surface area contributed by atoms with Gasteiger partial charge in [-0.1, -0.05) is 6.92 Å². The van der Waals surface area contributed by atoms with E-state index in [-0.39, 0.29) is 12.1 Å². The van der Waals surface area contributed by atoms with Crippen LogP contribution in [0.4, 0.5) is 4.79 Å².